The lowest BCUT2D eigenvalue weighted by Gasteiger charge is -2.34. The van der Waals surface area contributed by atoms with Gasteiger partial charge in [-0.15, -0.1) is 0 Å². The van der Waals surface area contributed by atoms with Gasteiger partial charge in [-0.3, -0.25) is 4.90 Å². The Kier molecular flexibility index (Phi) is 3.21. The Morgan fingerprint density at radius 1 is 1.50 bits per heavy atom. The van der Waals surface area contributed by atoms with E-state index in [4.69, 9.17) is 5.26 Å². The molecular formula is C13H15FN2. The highest BCUT2D eigenvalue weighted by atomic mass is 19.1. The molecule has 0 unspecified atom stereocenters. The van der Waals surface area contributed by atoms with Crippen molar-refractivity contribution in [1.29, 1.82) is 5.26 Å². The molecule has 0 heterocycles. The topological polar surface area (TPSA) is 27.0 Å². The smallest absolute Gasteiger partial charge is 0.145 e. The Hall–Kier alpha value is -1.40. The van der Waals surface area contributed by atoms with Crippen LogP contribution in [0.3, 0.4) is 0 Å². The van der Waals surface area contributed by atoms with Gasteiger partial charge in [-0.25, -0.2) is 4.39 Å². The lowest BCUT2D eigenvalue weighted by molar-refractivity contribution is 0.151. The van der Waals surface area contributed by atoms with Crippen LogP contribution in [0, 0.1) is 17.1 Å². The maximum Gasteiger partial charge on any atom is 0.145 e. The van der Waals surface area contributed by atoms with Crippen LogP contribution in [0.5, 0.6) is 0 Å². The van der Waals surface area contributed by atoms with Crippen molar-refractivity contribution < 1.29 is 4.39 Å². The van der Waals surface area contributed by atoms with Gasteiger partial charge in [-0.1, -0.05) is 18.6 Å². The third-order valence-electron chi connectivity index (χ3n) is 3.32. The molecule has 2 nitrogen and oxygen atoms in total. The minimum atomic E-state index is -0.365. The molecule has 1 fully saturated rings. The van der Waals surface area contributed by atoms with Gasteiger partial charge in [-0.05, 0) is 26.0 Å². The molecule has 0 saturated heterocycles. The van der Waals surface area contributed by atoms with Gasteiger partial charge >= 0.3 is 0 Å². The quantitative estimate of drug-likeness (QED) is 0.780. The van der Waals surface area contributed by atoms with Crippen LogP contribution in [-0.2, 0) is 6.54 Å². The Morgan fingerprint density at radius 3 is 2.81 bits per heavy atom. The number of benzene rings is 1. The summed E-state index contributed by atoms with van der Waals surface area (Å²) in [5.41, 5.74) is 0.757. The molecule has 0 amide bonds. The van der Waals surface area contributed by atoms with Crippen LogP contribution in [-0.4, -0.2) is 18.0 Å². The van der Waals surface area contributed by atoms with Crippen molar-refractivity contribution in [2.24, 2.45) is 0 Å². The SMILES string of the molecule is CN(Cc1cccc(C#N)c1F)C1CCC1. The molecule has 0 atom stereocenters. The van der Waals surface area contributed by atoms with Crippen LogP contribution in [0.2, 0.25) is 0 Å². The van der Waals surface area contributed by atoms with Crippen molar-refractivity contribution in [3.8, 4) is 6.07 Å². The second kappa shape index (κ2) is 4.63. The molecule has 1 aromatic rings. The van der Waals surface area contributed by atoms with Crippen LogP contribution >= 0.6 is 0 Å². The normalized spacial score (nSPS) is 15.9. The van der Waals surface area contributed by atoms with Crippen LogP contribution in [0.4, 0.5) is 4.39 Å². The van der Waals surface area contributed by atoms with E-state index >= 15 is 0 Å². The van der Waals surface area contributed by atoms with Gasteiger partial charge in [-0.2, -0.15) is 5.26 Å². The zero-order valence-electron chi connectivity index (χ0n) is 9.41. The molecular weight excluding hydrogens is 203 g/mol. The maximum absolute atomic E-state index is 13.8. The molecule has 1 aromatic carbocycles. The fourth-order valence-electron chi connectivity index (χ4n) is 2.01. The van der Waals surface area contributed by atoms with Gasteiger partial charge in [0, 0.05) is 18.2 Å². The molecule has 0 N–H and O–H groups in total. The molecule has 0 spiro atoms. The average molecular weight is 218 g/mol. The standard InChI is InChI=1S/C13H15FN2/c1-16(12-6-3-7-12)9-11-5-2-4-10(8-15)13(11)14/h2,4-5,12H,3,6-7,9H2,1H3. The summed E-state index contributed by atoms with van der Waals surface area (Å²) >= 11 is 0. The minimum Gasteiger partial charge on any atom is -0.299 e. The van der Waals surface area contributed by atoms with E-state index in [1.54, 1.807) is 12.1 Å². The molecule has 0 aromatic heterocycles. The zero-order chi connectivity index (χ0) is 11.5. The molecule has 0 radical (unpaired) electrons. The van der Waals surface area contributed by atoms with E-state index in [2.05, 4.69) is 4.90 Å². The third-order valence-corrected chi connectivity index (χ3v) is 3.32. The van der Waals surface area contributed by atoms with Crippen LogP contribution in [0.15, 0.2) is 18.2 Å². The van der Waals surface area contributed by atoms with E-state index in [0.29, 0.717) is 18.2 Å². The Morgan fingerprint density at radius 2 is 2.25 bits per heavy atom. The van der Waals surface area contributed by atoms with Gasteiger partial charge in [0.25, 0.3) is 0 Å². The van der Waals surface area contributed by atoms with Crippen molar-refractivity contribution in [1.82, 2.24) is 4.90 Å². The first-order valence-electron chi connectivity index (χ1n) is 5.60. The van der Waals surface area contributed by atoms with Crippen molar-refractivity contribution in [3.05, 3.63) is 35.1 Å². The summed E-state index contributed by atoms with van der Waals surface area (Å²) in [4.78, 5) is 2.17. The molecule has 84 valence electrons. The molecule has 0 bridgehead atoms. The fourth-order valence-corrected chi connectivity index (χ4v) is 2.01. The monoisotopic (exact) mass is 218 g/mol. The summed E-state index contributed by atoms with van der Waals surface area (Å²) in [6.07, 6.45) is 3.68. The number of nitriles is 1. The largest absolute Gasteiger partial charge is 0.299 e. The highest BCUT2D eigenvalue weighted by Crippen LogP contribution is 2.25. The highest BCUT2D eigenvalue weighted by molar-refractivity contribution is 5.34. The third kappa shape index (κ3) is 2.07. The summed E-state index contributed by atoms with van der Waals surface area (Å²) in [5, 5.41) is 8.74. The van der Waals surface area contributed by atoms with Crippen molar-refractivity contribution >= 4 is 0 Å². The van der Waals surface area contributed by atoms with Crippen molar-refractivity contribution in [2.75, 3.05) is 7.05 Å². The van der Waals surface area contributed by atoms with Gasteiger partial charge in [0.2, 0.25) is 0 Å². The molecule has 16 heavy (non-hydrogen) atoms. The maximum atomic E-state index is 13.8. The first-order valence-corrected chi connectivity index (χ1v) is 5.60. The summed E-state index contributed by atoms with van der Waals surface area (Å²) < 4.78 is 13.8. The highest BCUT2D eigenvalue weighted by Gasteiger charge is 2.22. The second-order valence-electron chi connectivity index (χ2n) is 4.39. The van der Waals surface area contributed by atoms with E-state index in [-0.39, 0.29) is 11.4 Å². The Labute approximate surface area is 95.3 Å². The number of hydrogen-bond donors (Lipinski definition) is 0. The molecule has 1 saturated carbocycles. The van der Waals surface area contributed by atoms with Crippen molar-refractivity contribution in [2.45, 2.75) is 31.8 Å². The number of hydrogen-bond acceptors (Lipinski definition) is 2. The van der Waals surface area contributed by atoms with E-state index in [1.807, 2.05) is 13.1 Å². The van der Waals surface area contributed by atoms with Crippen LogP contribution < -0.4 is 0 Å². The number of halogens is 1. The lowest BCUT2D eigenvalue weighted by Crippen LogP contribution is -2.36. The Bertz CT molecular complexity index is 418. The molecule has 0 aliphatic heterocycles. The van der Waals surface area contributed by atoms with Gasteiger partial charge in [0.1, 0.15) is 11.9 Å². The second-order valence-corrected chi connectivity index (χ2v) is 4.39. The predicted molar refractivity (Wildman–Crippen MR) is 60.2 cm³/mol. The number of rotatable bonds is 3. The van der Waals surface area contributed by atoms with E-state index < -0.39 is 0 Å². The average Bonchev–Trinajstić information content (AvgIpc) is 2.18. The zero-order valence-corrected chi connectivity index (χ0v) is 9.41. The Balaban J connectivity index is 2.12. The van der Waals surface area contributed by atoms with E-state index in [1.165, 1.54) is 25.3 Å². The summed E-state index contributed by atoms with van der Waals surface area (Å²) in [7, 11) is 2.02. The minimum absolute atomic E-state index is 0.138. The predicted octanol–water partition coefficient (Wildman–Crippen LogP) is 2.68. The van der Waals surface area contributed by atoms with Crippen LogP contribution in [0.25, 0.3) is 0 Å². The van der Waals surface area contributed by atoms with E-state index in [9.17, 15) is 4.39 Å². The summed E-state index contributed by atoms with van der Waals surface area (Å²) in [5.74, 6) is -0.365. The molecule has 1 aliphatic carbocycles. The number of nitrogens with zero attached hydrogens (tertiary/aromatic N) is 2. The molecule has 3 heteroatoms. The van der Waals surface area contributed by atoms with E-state index in [0.717, 1.165) is 0 Å². The lowest BCUT2D eigenvalue weighted by atomic mass is 9.91. The summed E-state index contributed by atoms with van der Waals surface area (Å²) in [6, 6.07) is 7.47. The van der Waals surface area contributed by atoms with Gasteiger partial charge < -0.3 is 0 Å². The fraction of sp³-hybridized carbons (Fsp3) is 0.462. The summed E-state index contributed by atoms with van der Waals surface area (Å²) in [6.45, 7) is 0.589. The van der Waals surface area contributed by atoms with Gasteiger partial charge in [0.05, 0.1) is 5.56 Å². The van der Waals surface area contributed by atoms with Gasteiger partial charge in [0.15, 0.2) is 0 Å². The first-order chi connectivity index (χ1) is 7.72. The first kappa shape index (κ1) is 11.1. The van der Waals surface area contributed by atoms with Crippen molar-refractivity contribution in [3.63, 3.8) is 0 Å². The molecule has 1 aliphatic rings. The molecule has 2 rings (SSSR count). The van der Waals surface area contributed by atoms with Crippen LogP contribution in [0.1, 0.15) is 30.4 Å².